The highest BCUT2D eigenvalue weighted by Gasteiger charge is 2.45. The van der Waals surface area contributed by atoms with Crippen molar-refractivity contribution in [2.75, 3.05) is 27.2 Å². The van der Waals surface area contributed by atoms with E-state index in [9.17, 15) is 27.9 Å². The number of amides is 2. The second kappa shape index (κ2) is 12.4. The maximum atomic E-state index is 14.0. The van der Waals surface area contributed by atoms with E-state index in [1.807, 2.05) is 67.6 Å². The highest BCUT2D eigenvalue weighted by atomic mass is 19.4. The van der Waals surface area contributed by atoms with Crippen LogP contribution in [0.3, 0.4) is 0 Å². The van der Waals surface area contributed by atoms with E-state index < -0.39 is 35.2 Å². The van der Waals surface area contributed by atoms with Gasteiger partial charge in [0.05, 0.1) is 17.7 Å². The van der Waals surface area contributed by atoms with E-state index >= 15 is 0 Å². The number of piperidine rings is 1. The Morgan fingerprint density at radius 3 is 2.02 bits per heavy atom. The summed E-state index contributed by atoms with van der Waals surface area (Å²) in [5, 5.41) is 13.7. The van der Waals surface area contributed by atoms with Crippen LogP contribution in [0.25, 0.3) is 0 Å². The number of aliphatic hydroxyl groups is 1. The van der Waals surface area contributed by atoms with Crippen LogP contribution in [-0.2, 0) is 16.4 Å². The Bertz CT molecular complexity index is 1290. The second-order valence-corrected chi connectivity index (χ2v) is 10.9. The van der Waals surface area contributed by atoms with Crippen LogP contribution in [0, 0.1) is 0 Å². The quantitative estimate of drug-likeness (QED) is 0.413. The number of rotatable bonds is 8. The third kappa shape index (κ3) is 6.63. The first-order valence-electron chi connectivity index (χ1n) is 13.7. The van der Waals surface area contributed by atoms with Gasteiger partial charge in [-0.25, -0.2) is 0 Å². The molecular formula is C32H36F3N3O3. The van der Waals surface area contributed by atoms with Crippen LogP contribution in [0.15, 0.2) is 84.9 Å². The Labute approximate surface area is 238 Å². The molecule has 6 nitrogen and oxygen atoms in total. The number of benzene rings is 3. The summed E-state index contributed by atoms with van der Waals surface area (Å²) in [6.07, 6.45) is -4.64. The molecule has 1 aliphatic rings. The molecule has 1 heterocycles. The Morgan fingerprint density at radius 2 is 1.51 bits per heavy atom. The van der Waals surface area contributed by atoms with Gasteiger partial charge < -0.3 is 15.3 Å². The number of aliphatic hydroxyl groups excluding tert-OH is 1. The molecule has 2 N–H and O–H groups in total. The Morgan fingerprint density at radius 1 is 0.951 bits per heavy atom. The Hall–Kier alpha value is -3.69. The molecule has 2 amide bonds. The SMILES string of the molecule is CC(CC(C(=O)N(C)C)(c1ccccc1)c1ccccc1)N1CCC(NC(=O)c2cccc(C(F)(F)F)c2)C(O)C1. The third-order valence-electron chi connectivity index (χ3n) is 7.91. The van der Waals surface area contributed by atoms with E-state index in [2.05, 4.69) is 10.2 Å². The second-order valence-electron chi connectivity index (χ2n) is 10.9. The van der Waals surface area contributed by atoms with Crippen molar-refractivity contribution < 1.29 is 27.9 Å². The smallest absolute Gasteiger partial charge is 0.390 e. The van der Waals surface area contributed by atoms with Crippen LogP contribution in [-0.4, -0.2) is 72.1 Å². The lowest BCUT2D eigenvalue weighted by Gasteiger charge is -2.44. The summed E-state index contributed by atoms with van der Waals surface area (Å²) in [5.74, 6) is -0.712. The van der Waals surface area contributed by atoms with Gasteiger partial charge in [0.1, 0.15) is 5.41 Å². The number of nitrogens with zero attached hydrogens (tertiary/aromatic N) is 2. The van der Waals surface area contributed by atoms with E-state index in [0.29, 0.717) is 19.4 Å². The van der Waals surface area contributed by atoms with Crippen molar-refractivity contribution in [2.24, 2.45) is 0 Å². The summed E-state index contributed by atoms with van der Waals surface area (Å²) in [4.78, 5) is 30.4. The molecule has 3 unspecified atom stereocenters. The molecule has 218 valence electrons. The molecule has 41 heavy (non-hydrogen) atoms. The maximum Gasteiger partial charge on any atom is 0.416 e. The predicted octanol–water partition coefficient (Wildman–Crippen LogP) is 4.72. The minimum atomic E-state index is -4.56. The molecule has 4 rings (SSSR count). The highest BCUT2D eigenvalue weighted by Crippen LogP contribution is 2.40. The summed E-state index contributed by atoms with van der Waals surface area (Å²) in [6.45, 7) is 2.80. The molecule has 9 heteroatoms. The average Bonchev–Trinajstić information content (AvgIpc) is 2.97. The van der Waals surface area contributed by atoms with Crippen molar-refractivity contribution in [1.82, 2.24) is 15.1 Å². The summed E-state index contributed by atoms with van der Waals surface area (Å²) >= 11 is 0. The Balaban J connectivity index is 1.52. The van der Waals surface area contributed by atoms with Crippen LogP contribution in [0.1, 0.15) is 46.8 Å². The van der Waals surface area contributed by atoms with Gasteiger partial charge in [0, 0.05) is 38.8 Å². The fourth-order valence-corrected chi connectivity index (χ4v) is 5.75. The fourth-order valence-electron chi connectivity index (χ4n) is 5.75. The molecule has 1 fully saturated rings. The molecule has 3 atom stereocenters. The number of likely N-dealkylation sites (N-methyl/N-ethyl adjacent to an activating group) is 1. The molecule has 1 saturated heterocycles. The van der Waals surface area contributed by atoms with Gasteiger partial charge in [-0.1, -0.05) is 66.7 Å². The van der Waals surface area contributed by atoms with Crippen LogP contribution in [0.4, 0.5) is 13.2 Å². The zero-order chi connectivity index (χ0) is 29.8. The number of halogens is 3. The molecule has 0 saturated carbocycles. The fraction of sp³-hybridized carbons (Fsp3) is 0.375. The number of hydrogen-bond acceptors (Lipinski definition) is 4. The lowest BCUT2D eigenvalue weighted by Crippen LogP contribution is -2.57. The van der Waals surface area contributed by atoms with Crippen molar-refractivity contribution in [2.45, 2.75) is 49.5 Å². The molecule has 0 spiro atoms. The first-order chi connectivity index (χ1) is 19.4. The first kappa shape index (κ1) is 30.3. The average molecular weight is 568 g/mol. The summed E-state index contributed by atoms with van der Waals surface area (Å²) < 4.78 is 39.3. The predicted molar refractivity (Wildman–Crippen MR) is 151 cm³/mol. The van der Waals surface area contributed by atoms with Gasteiger partial charge in [-0.2, -0.15) is 13.2 Å². The molecule has 0 radical (unpaired) electrons. The molecule has 3 aromatic rings. The molecule has 1 aliphatic heterocycles. The van der Waals surface area contributed by atoms with Gasteiger partial charge in [0.2, 0.25) is 5.91 Å². The van der Waals surface area contributed by atoms with E-state index in [-0.39, 0.29) is 24.1 Å². The first-order valence-corrected chi connectivity index (χ1v) is 13.7. The zero-order valence-electron chi connectivity index (χ0n) is 23.4. The molecule has 0 aliphatic carbocycles. The Kier molecular flexibility index (Phi) is 9.19. The highest BCUT2D eigenvalue weighted by molar-refractivity contribution is 5.94. The minimum Gasteiger partial charge on any atom is -0.390 e. The topological polar surface area (TPSA) is 72.9 Å². The van der Waals surface area contributed by atoms with Crippen molar-refractivity contribution in [1.29, 1.82) is 0 Å². The lowest BCUT2D eigenvalue weighted by atomic mass is 9.69. The van der Waals surface area contributed by atoms with Gasteiger partial charge in [-0.15, -0.1) is 0 Å². The normalized spacial score (nSPS) is 18.9. The number of carbonyl (C=O) groups is 2. The van der Waals surface area contributed by atoms with Crippen LogP contribution in [0.2, 0.25) is 0 Å². The summed E-state index contributed by atoms with van der Waals surface area (Å²) in [7, 11) is 3.49. The largest absolute Gasteiger partial charge is 0.416 e. The van der Waals surface area contributed by atoms with Crippen molar-refractivity contribution in [3.8, 4) is 0 Å². The molecule has 0 bridgehead atoms. The van der Waals surface area contributed by atoms with Gasteiger partial charge in [0.25, 0.3) is 5.91 Å². The van der Waals surface area contributed by atoms with Gasteiger partial charge in [0.15, 0.2) is 0 Å². The molecule has 0 aromatic heterocycles. The standard InChI is InChI=1S/C32H36F3N3O3/c1-22(20-31(30(41)37(2)3,24-12-6-4-7-13-24)25-14-8-5-9-15-25)38-18-17-27(28(39)21-38)36-29(40)23-11-10-16-26(19-23)32(33,34)35/h4-16,19,22,27-28,39H,17-18,20-21H2,1-3H3,(H,36,40). The van der Waals surface area contributed by atoms with E-state index in [0.717, 1.165) is 23.3 Å². The minimum absolute atomic E-state index is 0.0504. The number of likely N-dealkylation sites (tertiary alicyclic amines) is 1. The monoisotopic (exact) mass is 567 g/mol. The van der Waals surface area contributed by atoms with E-state index in [4.69, 9.17) is 0 Å². The number of alkyl halides is 3. The molecule has 3 aromatic carbocycles. The molecular weight excluding hydrogens is 531 g/mol. The van der Waals surface area contributed by atoms with Crippen molar-refractivity contribution in [3.63, 3.8) is 0 Å². The van der Waals surface area contributed by atoms with Gasteiger partial charge in [-0.3, -0.25) is 14.5 Å². The summed E-state index contributed by atoms with van der Waals surface area (Å²) in [6, 6.07) is 22.9. The van der Waals surface area contributed by atoms with Crippen LogP contribution < -0.4 is 5.32 Å². The van der Waals surface area contributed by atoms with Crippen molar-refractivity contribution >= 4 is 11.8 Å². The third-order valence-corrected chi connectivity index (χ3v) is 7.91. The van der Waals surface area contributed by atoms with E-state index in [1.165, 1.54) is 12.1 Å². The maximum absolute atomic E-state index is 14.0. The zero-order valence-corrected chi connectivity index (χ0v) is 23.4. The van der Waals surface area contributed by atoms with Gasteiger partial charge >= 0.3 is 6.18 Å². The van der Waals surface area contributed by atoms with E-state index in [1.54, 1.807) is 19.0 Å². The number of nitrogens with one attached hydrogen (secondary N) is 1. The number of hydrogen-bond donors (Lipinski definition) is 2. The number of β-amino-alcohol motifs (C(OH)–C–C–N with tert-alkyl or cyclic N) is 1. The lowest BCUT2D eigenvalue weighted by molar-refractivity contribution is -0.137. The van der Waals surface area contributed by atoms with Crippen LogP contribution >= 0.6 is 0 Å². The number of carbonyl (C=O) groups excluding carboxylic acids is 2. The van der Waals surface area contributed by atoms with Gasteiger partial charge in [-0.05, 0) is 49.1 Å². The van der Waals surface area contributed by atoms with Crippen LogP contribution in [0.5, 0.6) is 0 Å². The van der Waals surface area contributed by atoms with Crippen molar-refractivity contribution in [3.05, 3.63) is 107 Å². The summed E-state index contributed by atoms with van der Waals surface area (Å²) in [5.41, 5.74) is -0.228.